The van der Waals surface area contributed by atoms with E-state index in [2.05, 4.69) is 36.3 Å². The molecular formula is C16H19N3O2S. The number of methoxy groups -OCH3 is 1. The molecule has 6 heteroatoms. The van der Waals surface area contributed by atoms with Crippen molar-refractivity contribution >= 4 is 28.5 Å². The fourth-order valence-electron chi connectivity index (χ4n) is 1.61. The summed E-state index contributed by atoms with van der Waals surface area (Å²) in [6.07, 6.45) is 3.21. The van der Waals surface area contributed by atoms with Crippen molar-refractivity contribution in [3.05, 3.63) is 40.9 Å². The van der Waals surface area contributed by atoms with E-state index in [9.17, 15) is 4.79 Å². The van der Waals surface area contributed by atoms with E-state index in [0.29, 0.717) is 5.13 Å². The number of nitrogens with one attached hydrogen (secondary N) is 1. The van der Waals surface area contributed by atoms with E-state index in [4.69, 9.17) is 4.74 Å². The Morgan fingerprint density at radius 3 is 2.45 bits per heavy atom. The molecule has 2 aromatic rings. The van der Waals surface area contributed by atoms with Gasteiger partial charge in [0.1, 0.15) is 10.8 Å². The Balaban J connectivity index is 1.97. The van der Waals surface area contributed by atoms with Crippen LogP contribution in [0.5, 0.6) is 5.75 Å². The molecule has 1 heterocycles. The molecule has 5 nitrogen and oxygen atoms in total. The fraction of sp³-hybridized carbons (Fsp3) is 0.312. The van der Waals surface area contributed by atoms with Gasteiger partial charge in [0.2, 0.25) is 11.0 Å². The smallest absolute Gasteiger partial charge is 0.250 e. The van der Waals surface area contributed by atoms with E-state index in [1.54, 1.807) is 13.2 Å². The topological polar surface area (TPSA) is 64.1 Å². The summed E-state index contributed by atoms with van der Waals surface area (Å²) in [5, 5.41) is 12.2. The van der Waals surface area contributed by atoms with Gasteiger partial charge in [-0.05, 0) is 23.8 Å². The molecule has 0 aliphatic carbocycles. The molecule has 1 amide bonds. The van der Waals surface area contributed by atoms with Crippen molar-refractivity contribution in [3.8, 4) is 5.75 Å². The number of aromatic nitrogens is 2. The Morgan fingerprint density at radius 1 is 1.23 bits per heavy atom. The van der Waals surface area contributed by atoms with Crippen LogP contribution in [-0.4, -0.2) is 23.2 Å². The number of hydrogen-bond acceptors (Lipinski definition) is 5. The van der Waals surface area contributed by atoms with Gasteiger partial charge in [-0.25, -0.2) is 0 Å². The maximum Gasteiger partial charge on any atom is 0.250 e. The molecule has 2 rings (SSSR count). The van der Waals surface area contributed by atoms with Crippen LogP contribution in [0.15, 0.2) is 30.3 Å². The summed E-state index contributed by atoms with van der Waals surface area (Å²) in [6.45, 7) is 6.17. The van der Waals surface area contributed by atoms with Gasteiger partial charge >= 0.3 is 0 Å². The summed E-state index contributed by atoms with van der Waals surface area (Å²) >= 11 is 1.39. The van der Waals surface area contributed by atoms with Crippen molar-refractivity contribution in [2.75, 3.05) is 12.4 Å². The Morgan fingerprint density at radius 2 is 1.91 bits per heavy atom. The highest BCUT2D eigenvalue weighted by molar-refractivity contribution is 7.15. The first-order valence-corrected chi connectivity index (χ1v) is 7.67. The largest absolute Gasteiger partial charge is 0.497 e. The van der Waals surface area contributed by atoms with Crippen LogP contribution >= 0.6 is 11.3 Å². The number of ether oxygens (including phenoxy) is 1. The van der Waals surface area contributed by atoms with Crippen LogP contribution in [0, 0.1) is 0 Å². The van der Waals surface area contributed by atoms with Gasteiger partial charge in [-0.1, -0.05) is 44.2 Å². The zero-order valence-corrected chi connectivity index (χ0v) is 13.9. The number of benzene rings is 1. The standard InChI is InChI=1S/C16H19N3O2S/c1-16(2,3)14-18-19-15(22-14)17-13(20)10-7-11-5-8-12(21-4)9-6-11/h5-10H,1-4H3,(H,17,19,20). The SMILES string of the molecule is COc1ccc(C=CC(=O)Nc2nnc(C(C)(C)C)s2)cc1. The van der Waals surface area contributed by atoms with Gasteiger partial charge in [-0.3, -0.25) is 10.1 Å². The van der Waals surface area contributed by atoms with E-state index in [0.717, 1.165) is 16.3 Å². The number of carbonyl (C=O) groups excluding carboxylic acids is 1. The molecule has 0 bridgehead atoms. The second-order valence-electron chi connectivity index (χ2n) is 5.76. The van der Waals surface area contributed by atoms with Crippen molar-refractivity contribution in [2.45, 2.75) is 26.2 Å². The number of anilines is 1. The third kappa shape index (κ3) is 4.39. The first-order valence-electron chi connectivity index (χ1n) is 6.85. The highest BCUT2D eigenvalue weighted by atomic mass is 32.1. The maximum atomic E-state index is 11.9. The number of nitrogens with zero attached hydrogens (tertiary/aromatic N) is 2. The quantitative estimate of drug-likeness (QED) is 0.877. The molecule has 22 heavy (non-hydrogen) atoms. The summed E-state index contributed by atoms with van der Waals surface area (Å²) in [7, 11) is 1.62. The summed E-state index contributed by atoms with van der Waals surface area (Å²) in [5.41, 5.74) is 0.850. The monoisotopic (exact) mass is 317 g/mol. The van der Waals surface area contributed by atoms with E-state index in [-0.39, 0.29) is 11.3 Å². The number of carbonyl (C=O) groups is 1. The maximum absolute atomic E-state index is 11.9. The van der Waals surface area contributed by atoms with E-state index in [1.807, 2.05) is 24.3 Å². The minimum Gasteiger partial charge on any atom is -0.497 e. The van der Waals surface area contributed by atoms with Crippen molar-refractivity contribution in [1.82, 2.24) is 10.2 Å². The van der Waals surface area contributed by atoms with Gasteiger partial charge < -0.3 is 4.74 Å². The third-order valence-corrected chi connectivity index (χ3v) is 4.10. The molecule has 1 aromatic carbocycles. The fourth-order valence-corrected chi connectivity index (χ4v) is 2.42. The molecule has 1 N–H and O–H groups in total. The van der Waals surface area contributed by atoms with Crippen LogP contribution in [0.3, 0.4) is 0 Å². The summed E-state index contributed by atoms with van der Waals surface area (Å²) in [5.74, 6) is 0.553. The Labute approximate surface area is 134 Å². The van der Waals surface area contributed by atoms with Gasteiger partial charge in [0.25, 0.3) is 0 Å². The van der Waals surface area contributed by atoms with Crippen molar-refractivity contribution in [3.63, 3.8) is 0 Å². The van der Waals surface area contributed by atoms with Crippen LogP contribution in [0.4, 0.5) is 5.13 Å². The molecule has 0 radical (unpaired) electrons. The molecule has 0 unspecified atom stereocenters. The molecular weight excluding hydrogens is 298 g/mol. The molecule has 0 aliphatic rings. The first-order chi connectivity index (χ1) is 10.4. The van der Waals surface area contributed by atoms with Gasteiger partial charge in [0.15, 0.2) is 0 Å². The van der Waals surface area contributed by atoms with E-state index < -0.39 is 0 Å². The molecule has 0 saturated carbocycles. The van der Waals surface area contributed by atoms with Crippen molar-refractivity contribution in [1.29, 1.82) is 0 Å². The predicted octanol–water partition coefficient (Wildman–Crippen LogP) is 3.50. The third-order valence-electron chi connectivity index (χ3n) is 2.84. The van der Waals surface area contributed by atoms with Crippen LogP contribution in [0.2, 0.25) is 0 Å². The molecule has 0 spiro atoms. The highest BCUT2D eigenvalue weighted by Gasteiger charge is 2.19. The van der Waals surface area contributed by atoms with Gasteiger partial charge in [-0.2, -0.15) is 0 Å². The zero-order valence-electron chi connectivity index (χ0n) is 13.1. The Bertz CT molecular complexity index is 669. The van der Waals surface area contributed by atoms with Crippen LogP contribution in [-0.2, 0) is 10.2 Å². The second kappa shape index (κ2) is 6.70. The Hall–Kier alpha value is -2.21. The molecule has 116 valence electrons. The van der Waals surface area contributed by atoms with Crippen molar-refractivity contribution < 1.29 is 9.53 Å². The Kier molecular flexibility index (Phi) is 4.92. The van der Waals surface area contributed by atoms with Crippen LogP contribution in [0.1, 0.15) is 31.3 Å². The molecule has 1 aromatic heterocycles. The number of amides is 1. The van der Waals surface area contributed by atoms with Crippen LogP contribution < -0.4 is 10.1 Å². The average Bonchev–Trinajstić information content (AvgIpc) is 2.94. The molecule has 0 atom stereocenters. The average molecular weight is 317 g/mol. The molecule has 0 saturated heterocycles. The second-order valence-corrected chi connectivity index (χ2v) is 6.74. The lowest BCUT2D eigenvalue weighted by Crippen LogP contribution is -2.10. The van der Waals surface area contributed by atoms with Gasteiger partial charge in [-0.15, -0.1) is 10.2 Å². The minimum absolute atomic E-state index is 0.0699. The summed E-state index contributed by atoms with van der Waals surface area (Å²) < 4.78 is 5.09. The minimum atomic E-state index is -0.229. The van der Waals surface area contributed by atoms with Gasteiger partial charge in [0.05, 0.1) is 7.11 Å². The highest BCUT2D eigenvalue weighted by Crippen LogP contribution is 2.27. The summed E-state index contributed by atoms with van der Waals surface area (Å²) in [4.78, 5) is 11.9. The van der Waals surface area contributed by atoms with Crippen molar-refractivity contribution in [2.24, 2.45) is 0 Å². The molecule has 0 fully saturated rings. The lowest BCUT2D eigenvalue weighted by molar-refractivity contribution is -0.111. The van der Waals surface area contributed by atoms with E-state index >= 15 is 0 Å². The zero-order chi connectivity index (χ0) is 16.2. The van der Waals surface area contributed by atoms with Gasteiger partial charge in [0, 0.05) is 11.5 Å². The van der Waals surface area contributed by atoms with E-state index in [1.165, 1.54) is 17.4 Å². The summed E-state index contributed by atoms with van der Waals surface area (Å²) in [6, 6.07) is 7.45. The van der Waals surface area contributed by atoms with Crippen LogP contribution in [0.25, 0.3) is 6.08 Å². The lowest BCUT2D eigenvalue weighted by Gasteiger charge is -2.12. The lowest BCUT2D eigenvalue weighted by atomic mass is 9.98. The number of rotatable bonds is 4. The first kappa shape index (κ1) is 16.2. The number of hydrogen-bond donors (Lipinski definition) is 1. The molecule has 0 aliphatic heterocycles. The normalized spacial score (nSPS) is 11.6. The predicted molar refractivity (Wildman–Crippen MR) is 89.3 cm³/mol.